The average Bonchev–Trinajstić information content (AvgIpc) is 3.01. The molecule has 3 amide bonds. The molecule has 0 aliphatic heterocycles. The van der Waals surface area contributed by atoms with E-state index in [2.05, 4.69) is 25.9 Å². The third-order valence-electron chi connectivity index (χ3n) is 6.79. The molecule has 46 heavy (non-hydrogen) atoms. The van der Waals surface area contributed by atoms with Crippen molar-refractivity contribution < 1.29 is 29.4 Å². The quantitative estimate of drug-likeness (QED) is 0.0462. The minimum Gasteiger partial charge on any atom is -0.508 e. The summed E-state index contributed by atoms with van der Waals surface area (Å²) >= 11 is 0. The number of nitrogens with one attached hydrogen (secondary N) is 3. The zero-order chi connectivity index (χ0) is 34.1. The van der Waals surface area contributed by atoms with Crippen molar-refractivity contribution in [2.24, 2.45) is 38.7 Å². The molecule has 4 unspecified atom stereocenters. The van der Waals surface area contributed by atoms with Crippen molar-refractivity contribution in [2.75, 3.05) is 13.1 Å². The van der Waals surface area contributed by atoms with Crippen molar-refractivity contribution >= 4 is 35.6 Å². The molecular formula is C30H44N10O6. The highest BCUT2D eigenvalue weighted by Crippen LogP contribution is 2.13. The molecule has 4 atom stereocenters. The van der Waals surface area contributed by atoms with Gasteiger partial charge in [0.2, 0.25) is 17.7 Å². The van der Waals surface area contributed by atoms with E-state index in [-0.39, 0.29) is 62.9 Å². The zero-order valence-corrected chi connectivity index (χ0v) is 25.5. The van der Waals surface area contributed by atoms with Crippen LogP contribution in [-0.4, -0.2) is 83.1 Å². The fraction of sp³-hybridized carbons (Fsp3) is 0.400. The standard InChI is InChI=1S/C30H44N10O6/c31-21(8-4-14-36-29(32)33)25(42)39-23(16-18-6-2-1-3-7-18)27(44)40-24(17-19-10-12-20(41)13-11-19)26(43)38-22(28(45)46)9-5-15-37-30(34)35/h1-3,6-7,10-13,21-24,41H,4-5,8-9,14-17,31H2,(H,38,43)(H,39,42)(H,40,44)(H,45,46)(H4,32,33,36)(H4,34,35,37). The van der Waals surface area contributed by atoms with E-state index in [0.717, 1.165) is 5.56 Å². The van der Waals surface area contributed by atoms with Crippen LogP contribution in [0.2, 0.25) is 0 Å². The van der Waals surface area contributed by atoms with Gasteiger partial charge in [-0.1, -0.05) is 42.5 Å². The number of rotatable bonds is 19. The number of aliphatic imine (C=N–C) groups is 2. The summed E-state index contributed by atoms with van der Waals surface area (Å²) in [5, 5.41) is 27.2. The number of guanidine groups is 2. The second-order valence-electron chi connectivity index (χ2n) is 10.6. The average molecular weight is 641 g/mol. The Morgan fingerprint density at radius 3 is 1.61 bits per heavy atom. The molecule has 250 valence electrons. The second kappa shape index (κ2) is 19.1. The van der Waals surface area contributed by atoms with E-state index in [1.807, 2.05) is 0 Å². The van der Waals surface area contributed by atoms with E-state index in [0.29, 0.717) is 12.0 Å². The molecule has 2 rings (SSSR count). The van der Waals surface area contributed by atoms with Crippen LogP contribution in [0, 0.1) is 0 Å². The molecule has 0 aliphatic rings. The van der Waals surface area contributed by atoms with Gasteiger partial charge >= 0.3 is 5.97 Å². The maximum Gasteiger partial charge on any atom is 0.326 e. The molecule has 16 nitrogen and oxygen atoms in total. The number of phenols is 1. The topological polar surface area (TPSA) is 300 Å². The first-order valence-electron chi connectivity index (χ1n) is 14.7. The third kappa shape index (κ3) is 13.9. The van der Waals surface area contributed by atoms with E-state index < -0.39 is 47.9 Å². The Hall–Kier alpha value is -5.38. The molecular weight excluding hydrogens is 596 g/mol. The van der Waals surface area contributed by atoms with E-state index in [1.165, 1.54) is 12.1 Å². The normalized spacial score (nSPS) is 13.2. The van der Waals surface area contributed by atoms with Crippen LogP contribution in [0.1, 0.15) is 36.8 Å². The smallest absolute Gasteiger partial charge is 0.326 e. The molecule has 15 N–H and O–H groups in total. The van der Waals surface area contributed by atoms with Gasteiger partial charge in [-0.05, 0) is 48.9 Å². The number of nitrogens with two attached hydrogens (primary N) is 5. The fourth-order valence-corrected chi connectivity index (χ4v) is 4.37. The van der Waals surface area contributed by atoms with Crippen LogP contribution < -0.4 is 44.6 Å². The van der Waals surface area contributed by atoms with Crippen molar-refractivity contribution in [2.45, 2.75) is 62.7 Å². The minimum atomic E-state index is -1.29. The van der Waals surface area contributed by atoms with Gasteiger partial charge < -0.3 is 54.8 Å². The molecule has 0 bridgehead atoms. The Morgan fingerprint density at radius 2 is 1.11 bits per heavy atom. The van der Waals surface area contributed by atoms with Crippen LogP contribution in [0.15, 0.2) is 64.6 Å². The first-order valence-corrected chi connectivity index (χ1v) is 14.7. The van der Waals surface area contributed by atoms with Crippen LogP contribution >= 0.6 is 0 Å². The first-order chi connectivity index (χ1) is 21.8. The van der Waals surface area contributed by atoms with Crippen LogP contribution in [0.5, 0.6) is 5.75 Å². The summed E-state index contributed by atoms with van der Waals surface area (Å²) in [7, 11) is 0. The summed E-state index contributed by atoms with van der Waals surface area (Å²) in [6, 6.07) is 10.2. The molecule has 0 saturated heterocycles. The Morgan fingerprint density at radius 1 is 0.652 bits per heavy atom. The summed E-state index contributed by atoms with van der Waals surface area (Å²) < 4.78 is 0. The minimum absolute atomic E-state index is 0.000721. The lowest BCUT2D eigenvalue weighted by Gasteiger charge is -2.25. The predicted octanol–water partition coefficient (Wildman–Crippen LogP) is -1.85. The van der Waals surface area contributed by atoms with Crippen molar-refractivity contribution in [3.63, 3.8) is 0 Å². The van der Waals surface area contributed by atoms with E-state index in [9.17, 15) is 29.4 Å². The molecule has 0 saturated carbocycles. The summed E-state index contributed by atoms with van der Waals surface area (Å²) in [6.45, 7) is 0.434. The number of amides is 3. The van der Waals surface area contributed by atoms with Crippen LogP contribution in [0.3, 0.4) is 0 Å². The highest BCUT2D eigenvalue weighted by Gasteiger charge is 2.30. The van der Waals surface area contributed by atoms with Gasteiger partial charge in [-0.2, -0.15) is 0 Å². The molecule has 2 aromatic carbocycles. The largest absolute Gasteiger partial charge is 0.508 e. The van der Waals surface area contributed by atoms with Crippen molar-refractivity contribution in [3.05, 3.63) is 65.7 Å². The van der Waals surface area contributed by atoms with Gasteiger partial charge in [-0.3, -0.25) is 24.4 Å². The first kappa shape index (κ1) is 36.8. The third-order valence-corrected chi connectivity index (χ3v) is 6.79. The Labute approximate surface area is 266 Å². The lowest BCUT2D eigenvalue weighted by Crippen LogP contribution is -2.58. The van der Waals surface area contributed by atoms with Crippen molar-refractivity contribution in [1.29, 1.82) is 0 Å². The van der Waals surface area contributed by atoms with E-state index in [4.69, 9.17) is 28.7 Å². The Balaban J connectivity index is 2.27. The van der Waals surface area contributed by atoms with Crippen molar-refractivity contribution in [1.82, 2.24) is 16.0 Å². The lowest BCUT2D eigenvalue weighted by molar-refractivity contribution is -0.142. The van der Waals surface area contributed by atoms with Crippen LogP contribution in [0.25, 0.3) is 0 Å². The number of aliphatic carboxylic acids is 1. The maximum atomic E-state index is 13.7. The summed E-state index contributed by atoms with van der Waals surface area (Å²) in [5.41, 5.74) is 28.7. The van der Waals surface area contributed by atoms with Crippen molar-refractivity contribution in [3.8, 4) is 5.75 Å². The molecule has 0 radical (unpaired) electrons. The van der Waals surface area contributed by atoms with E-state index in [1.54, 1.807) is 42.5 Å². The Bertz CT molecular complexity index is 1350. The number of hydrogen-bond acceptors (Lipinski definition) is 8. The number of carbonyl (C=O) groups is 4. The number of carboxylic acid groups (broad SMARTS) is 1. The van der Waals surface area contributed by atoms with Gasteiger partial charge in [0.15, 0.2) is 11.9 Å². The summed E-state index contributed by atoms with van der Waals surface area (Å²) in [4.78, 5) is 59.8. The predicted molar refractivity (Wildman–Crippen MR) is 173 cm³/mol. The van der Waals surface area contributed by atoms with Gasteiger partial charge in [-0.25, -0.2) is 4.79 Å². The van der Waals surface area contributed by atoms with E-state index >= 15 is 0 Å². The molecule has 0 spiro atoms. The van der Waals surface area contributed by atoms with Gasteiger partial charge in [0.05, 0.1) is 6.04 Å². The SMILES string of the molecule is NC(N)=NCCCC(N)C(=O)NC(Cc1ccccc1)C(=O)NC(Cc1ccc(O)cc1)C(=O)NC(CCCN=C(N)N)C(=O)O. The molecule has 0 aliphatic carbocycles. The Kier molecular flexibility index (Phi) is 15.3. The number of benzene rings is 2. The van der Waals surface area contributed by atoms with Gasteiger partial charge in [0, 0.05) is 25.9 Å². The number of carbonyl (C=O) groups excluding carboxylic acids is 3. The highest BCUT2D eigenvalue weighted by molar-refractivity contribution is 5.94. The number of hydrogen-bond donors (Lipinski definition) is 10. The summed E-state index contributed by atoms with van der Waals surface area (Å²) in [6.07, 6.45) is 0.984. The monoisotopic (exact) mass is 640 g/mol. The highest BCUT2D eigenvalue weighted by atomic mass is 16.4. The zero-order valence-electron chi connectivity index (χ0n) is 25.5. The number of phenolic OH excluding ortho intramolecular Hbond substituents is 1. The molecule has 0 fully saturated rings. The molecule has 0 aromatic heterocycles. The summed E-state index contributed by atoms with van der Waals surface area (Å²) in [5.74, 6) is -3.55. The van der Waals surface area contributed by atoms with Gasteiger partial charge in [0.25, 0.3) is 0 Å². The second-order valence-corrected chi connectivity index (χ2v) is 10.6. The van der Waals surface area contributed by atoms with Gasteiger partial charge in [-0.15, -0.1) is 0 Å². The van der Waals surface area contributed by atoms with Gasteiger partial charge in [0.1, 0.15) is 23.9 Å². The fourth-order valence-electron chi connectivity index (χ4n) is 4.37. The van der Waals surface area contributed by atoms with Crippen LogP contribution in [0.4, 0.5) is 0 Å². The molecule has 0 heterocycles. The number of nitrogens with zero attached hydrogens (tertiary/aromatic N) is 2. The molecule has 2 aromatic rings. The maximum absolute atomic E-state index is 13.7. The number of carboxylic acids is 1. The van der Waals surface area contributed by atoms with Crippen LogP contribution in [-0.2, 0) is 32.0 Å². The molecule has 16 heteroatoms. The number of aromatic hydroxyl groups is 1. The lowest BCUT2D eigenvalue weighted by atomic mass is 10.0.